The van der Waals surface area contributed by atoms with Crippen LogP contribution in [0.4, 0.5) is 0 Å². The maximum absolute atomic E-state index is 12.6. The summed E-state index contributed by atoms with van der Waals surface area (Å²) >= 11 is 7.55. The van der Waals surface area contributed by atoms with E-state index in [4.69, 9.17) is 11.6 Å². The lowest BCUT2D eigenvalue weighted by atomic mass is 10.1. The van der Waals surface area contributed by atoms with Crippen molar-refractivity contribution in [3.05, 3.63) is 33.5 Å². The first kappa shape index (κ1) is 17.4. The van der Waals surface area contributed by atoms with Gasteiger partial charge in [-0.1, -0.05) is 18.5 Å². The van der Waals surface area contributed by atoms with Gasteiger partial charge in [0.2, 0.25) is 5.91 Å². The van der Waals surface area contributed by atoms with Crippen LogP contribution >= 0.6 is 22.9 Å². The molecule has 0 radical (unpaired) electrons. The predicted octanol–water partition coefficient (Wildman–Crippen LogP) is 2.28. The summed E-state index contributed by atoms with van der Waals surface area (Å²) in [5.41, 5.74) is 1.13. The van der Waals surface area contributed by atoms with Crippen molar-refractivity contribution >= 4 is 28.8 Å². The second kappa shape index (κ2) is 7.63. The van der Waals surface area contributed by atoms with Crippen LogP contribution < -0.4 is 0 Å². The van der Waals surface area contributed by atoms with Gasteiger partial charge >= 0.3 is 0 Å². The highest BCUT2D eigenvalue weighted by atomic mass is 35.5. The van der Waals surface area contributed by atoms with Crippen LogP contribution in [0.15, 0.2) is 17.8 Å². The number of carbonyl (C=O) groups is 1. The smallest absolute Gasteiger partial charge is 0.227 e. The van der Waals surface area contributed by atoms with Crippen molar-refractivity contribution in [2.24, 2.45) is 5.92 Å². The zero-order chi connectivity index (χ0) is 17.1. The van der Waals surface area contributed by atoms with Crippen LogP contribution in [-0.4, -0.2) is 56.7 Å². The molecule has 0 bridgehead atoms. The summed E-state index contributed by atoms with van der Waals surface area (Å²) in [6.45, 7) is 8.72. The van der Waals surface area contributed by atoms with Crippen molar-refractivity contribution < 1.29 is 4.79 Å². The molecule has 0 saturated carbocycles. The quantitative estimate of drug-likeness (QED) is 0.813. The molecule has 0 spiro atoms. The maximum atomic E-state index is 12.6. The van der Waals surface area contributed by atoms with Crippen LogP contribution in [0.2, 0.25) is 5.02 Å². The summed E-state index contributed by atoms with van der Waals surface area (Å²) in [6.07, 6.45) is 3.34. The molecule has 1 atom stereocenters. The number of nitrogens with zero attached hydrogens (tertiary/aromatic N) is 5. The number of hydrogen-bond acceptors (Lipinski definition) is 5. The molecule has 1 aliphatic rings. The van der Waals surface area contributed by atoms with Gasteiger partial charge in [0.15, 0.2) is 0 Å². The van der Waals surface area contributed by atoms with Crippen molar-refractivity contribution in [2.75, 3.05) is 26.2 Å². The van der Waals surface area contributed by atoms with Gasteiger partial charge < -0.3 is 4.90 Å². The van der Waals surface area contributed by atoms with E-state index in [-0.39, 0.29) is 11.8 Å². The summed E-state index contributed by atoms with van der Waals surface area (Å²) in [4.78, 5) is 21.4. The zero-order valence-corrected chi connectivity index (χ0v) is 15.6. The Morgan fingerprint density at radius 2 is 2.12 bits per heavy atom. The molecule has 2 aromatic rings. The number of halogens is 1. The lowest BCUT2D eigenvalue weighted by molar-refractivity contribution is -0.137. The van der Waals surface area contributed by atoms with Gasteiger partial charge in [0, 0.05) is 44.3 Å². The number of amides is 1. The fourth-order valence-corrected chi connectivity index (χ4v) is 3.70. The predicted molar refractivity (Wildman–Crippen MR) is 95.1 cm³/mol. The molecule has 2 aromatic heterocycles. The number of piperazine rings is 1. The summed E-state index contributed by atoms with van der Waals surface area (Å²) in [6, 6.07) is 0. The number of aromatic nitrogens is 3. The van der Waals surface area contributed by atoms with Gasteiger partial charge in [-0.3, -0.25) is 14.4 Å². The lowest BCUT2D eigenvalue weighted by Gasteiger charge is -2.35. The normalized spacial score (nSPS) is 17.2. The molecule has 1 fully saturated rings. The van der Waals surface area contributed by atoms with Crippen LogP contribution in [0, 0.1) is 12.8 Å². The Balaban J connectivity index is 1.47. The van der Waals surface area contributed by atoms with Crippen molar-refractivity contribution in [2.45, 2.75) is 26.9 Å². The third-order valence-corrected chi connectivity index (χ3v) is 5.24. The van der Waals surface area contributed by atoms with E-state index in [0.717, 1.165) is 43.4 Å². The van der Waals surface area contributed by atoms with Crippen LogP contribution in [0.25, 0.3) is 0 Å². The van der Waals surface area contributed by atoms with Crippen LogP contribution in [0.1, 0.15) is 17.6 Å². The molecule has 0 aromatic carbocycles. The summed E-state index contributed by atoms with van der Waals surface area (Å²) in [5, 5.41) is 7.96. The van der Waals surface area contributed by atoms with E-state index in [9.17, 15) is 4.79 Å². The molecule has 0 aliphatic carbocycles. The Bertz CT molecular complexity index is 692. The first-order valence-corrected chi connectivity index (χ1v) is 9.37. The van der Waals surface area contributed by atoms with Gasteiger partial charge in [0.1, 0.15) is 0 Å². The Hall–Kier alpha value is -1.44. The van der Waals surface area contributed by atoms with E-state index in [1.54, 1.807) is 28.4 Å². The van der Waals surface area contributed by atoms with Crippen LogP contribution in [0.3, 0.4) is 0 Å². The Labute approximate surface area is 151 Å². The van der Waals surface area contributed by atoms with E-state index >= 15 is 0 Å². The molecule has 130 valence electrons. The van der Waals surface area contributed by atoms with Crippen molar-refractivity contribution in [3.63, 3.8) is 0 Å². The highest BCUT2D eigenvalue weighted by molar-refractivity contribution is 7.09. The van der Waals surface area contributed by atoms with E-state index in [0.29, 0.717) is 11.6 Å². The molecule has 1 aliphatic heterocycles. The maximum Gasteiger partial charge on any atom is 0.227 e. The van der Waals surface area contributed by atoms with Gasteiger partial charge in [0.25, 0.3) is 0 Å². The fraction of sp³-hybridized carbons (Fsp3) is 0.562. The van der Waals surface area contributed by atoms with Gasteiger partial charge in [-0.15, -0.1) is 11.3 Å². The van der Waals surface area contributed by atoms with Crippen molar-refractivity contribution in [3.8, 4) is 0 Å². The van der Waals surface area contributed by atoms with E-state index < -0.39 is 0 Å². The molecule has 0 unspecified atom stereocenters. The SMILES string of the molecule is Cc1nc(CN2CCN(C(=O)[C@@H](C)Cn3cc(Cl)cn3)CC2)cs1. The summed E-state index contributed by atoms with van der Waals surface area (Å²) in [7, 11) is 0. The molecule has 3 rings (SSSR count). The lowest BCUT2D eigenvalue weighted by Crippen LogP contribution is -2.50. The monoisotopic (exact) mass is 367 g/mol. The van der Waals surface area contributed by atoms with E-state index in [2.05, 4.69) is 20.4 Å². The number of aryl methyl sites for hydroxylation is 1. The van der Waals surface area contributed by atoms with Crippen LogP contribution in [0.5, 0.6) is 0 Å². The topological polar surface area (TPSA) is 54.3 Å². The highest BCUT2D eigenvalue weighted by Crippen LogP contribution is 2.14. The third kappa shape index (κ3) is 4.34. The molecule has 1 amide bonds. The number of hydrogen-bond donors (Lipinski definition) is 0. The van der Waals surface area contributed by atoms with Crippen LogP contribution in [-0.2, 0) is 17.9 Å². The van der Waals surface area contributed by atoms with Gasteiger partial charge in [0.05, 0.1) is 34.4 Å². The Morgan fingerprint density at radius 3 is 2.71 bits per heavy atom. The van der Waals surface area contributed by atoms with Crippen molar-refractivity contribution in [1.82, 2.24) is 24.6 Å². The van der Waals surface area contributed by atoms with Gasteiger partial charge in [-0.05, 0) is 6.92 Å². The first-order chi connectivity index (χ1) is 11.5. The third-order valence-electron chi connectivity index (χ3n) is 4.22. The molecule has 8 heteroatoms. The minimum Gasteiger partial charge on any atom is -0.340 e. The second-order valence-corrected chi connectivity index (χ2v) is 7.74. The minimum absolute atomic E-state index is 0.103. The van der Waals surface area contributed by atoms with E-state index in [1.165, 1.54) is 0 Å². The largest absolute Gasteiger partial charge is 0.340 e. The molecule has 6 nitrogen and oxygen atoms in total. The average Bonchev–Trinajstić information content (AvgIpc) is 3.15. The molecule has 3 heterocycles. The standard InChI is InChI=1S/C16H22ClN5OS/c1-12(8-22-9-14(17)7-18-22)16(23)21-5-3-20(4-6-21)10-15-11-24-13(2)19-15/h7,9,11-12H,3-6,8,10H2,1-2H3/t12-/m0/s1. The minimum atomic E-state index is -0.103. The number of carbonyl (C=O) groups excluding carboxylic acids is 1. The fourth-order valence-electron chi connectivity index (χ4n) is 2.94. The summed E-state index contributed by atoms with van der Waals surface area (Å²) in [5.74, 6) is 0.0829. The molecular weight excluding hydrogens is 346 g/mol. The zero-order valence-electron chi connectivity index (χ0n) is 14.0. The molecule has 0 N–H and O–H groups in total. The molecular formula is C16H22ClN5OS. The molecule has 24 heavy (non-hydrogen) atoms. The van der Waals surface area contributed by atoms with Gasteiger partial charge in [-0.25, -0.2) is 4.98 Å². The number of thiazole rings is 1. The van der Waals surface area contributed by atoms with Crippen molar-refractivity contribution in [1.29, 1.82) is 0 Å². The summed E-state index contributed by atoms with van der Waals surface area (Å²) < 4.78 is 1.73. The second-order valence-electron chi connectivity index (χ2n) is 6.24. The first-order valence-electron chi connectivity index (χ1n) is 8.11. The number of rotatable bonds is 5. The molecule has 1 saturated heterocycles. The average molecular weight is 368 g/mol. The van der Waals surface area contributed by atoms with E-state index in [1.807, 2.05) is 18.7 Å². The van der Waals surface area contributed by atoms with Gasteiger partial charge in [-0.2, -0.15) is 5.10 Å². The Morgan fingerprint density at radius 1 is 1.38 bits per heavy atom. The highest BCUT2D eigenvalue weighted by Gasteiger charge is 2.25. The Kier molecular flexibility index (Phi) is 5.53.